The van der Waals surface area contributed by atoms with Gasteiger partial charge in [-0.2, -0.15) is 0 Å². The average Bonchev–Trinajstić information content (AvgIpc) is 2.72. The number of hydrogen-bond donors (Lipinski definition) is 0. The Labute approximate surface area is 186 Å². The van der Waals surface area contributed by atoms with Crippen LogP contribution in [0, 0.1) is 29.1 Å². The van der Waals surface area contributed by atoms with E-state index in [0.717, 1.165) is 17.7 Å². The third-order valence-corrected chi connectivity index (χ3v) is 15.9. The van der Waals surface area contributed by atoms with Crippen molar-refractivity contribution in [1.29, 1.82) is 0 Å². The van der Waals surface area contributed by atoms with Gasteiger partial charge in [-0.05, 0) is 0 Å². The van der Waals surface area contributed by atoms with Crippen LogP contribution in [0.5, 0.6) is 0 Å². The minimum atomic E-state index is -3.89. The molecule has 31 heavy (non-hydrogen) atoms. The zero-order chi connectivity index (χ0) is 22.5. The molecule has 0 saturated heterocycles. The molecule has 1 heterocycles. The summed E-state index contributed by atoms with van der Waals surface area (Å²) in [5.74, 6) is -9.27. The molecule has 0 N–H and O–H groups in total. The van der Waals surface area contributed by atoms with E-state index in [4.69, 9.17) is 0 Å². The fraction of sp³-hybridized carbons (Fsp3) is 0.250. The Balaban J connectivity index is 2.07. The second kappa shape index (κ2) is 8.25. The number of benzene rings is 3. The molecule has 0 fully saturated rings. The number of rotatable bonds is 1. The molecule has 1 nitrogen and oxygen atoms in total. The Morgan fingerprint density at radius 3 is 1.45 bits per heavy atom. The molecule has 0 bridgehead atoms. The Bertz CT molecular complexity index is 1080. The zero-order valence-corrected chi connectivity index (χ0v) is 20.8. The molecule has 1 aliphatic heterocycles. The summed E-state index contributed by atoms with van der Waals surface area (Å²) >= 11 is -3.89. The van der Waals surface area contributed by atoms with Gasteiger partial charge in [0.15, 0.2) is 0 Å². The van der Waals surface area contributed by atoms with Crippen LogP contribution in [-0.4, -0.2) is 32.2 Å². The molecule has 0 radical (unpaired) electrons. The van der Waals surface area contributed by atoms with Gasteiger partial charge in [0.2, 0.25) is 0 Å². The van der Waals surface area contributed by atoms with E-state index in [2.05, 4.69) is 25.7 Å². The SMILES string of the molecule is CC(C)(C)N1Cc2cccc[c]2[Bi]([c]2c(F)c(F)c(F)c(F)c2F)[c]2ccccc2C1. The summed E-state index contributed by atoms with van der Waals surface area (Å²) in [6, 6.07) is 14.5. The number of hydrogen-bond acceptors (Lipinski definition) is 1. The third-order valence-electron chi connectivity index (χ3n) is 5.55. The van der Waals surface area contributed by atoms with Gasteiger partial charge in [0.25, 0.3) is 0 Å². The molecule has 0 aliphatic carbocycles. The molecule has 1 aliphatic rings. The van der Waals surface area contributed by atoms with Crippen LogP contribution in [0.15, 0.2) is 48.5 Å². The van der Waals surface area contributed by atoms with Crippen LogP contribution in [-0.2, 0) is 13.1 Å². The first-order valence-electron chi connectivity index (χ1n) is 9.83. The fourth-order valence-corrected chi connectivity index (χ4v) is 14.2. The van der Waals surface area contributed by atoms with E-state index in [1.807, 2.05) is 24.3 Å². The summed E-state index contributed by atoms with van der Waals surface area (Å²) in [6.45, 7) is 7.31. The molecule has 4 rings (SSSR count). The Morgan fingerprint density at radius 2 is 1.03 bits per heavy atom. The molecule has 0 amide bonds. The summed E-state index contributed by atoms with van der Waals surface area (Å²) < 4.78 is 72.9. The maximum absolute atomic E-state index is 15.0. The predicted octanol–water partition coefficient (Wildman–Crippen LogP) is 4.01. The first-order chi connectivity index (χ1) is 14.6. The van der Waals surface area contributed by atoms with Crippen molar-refractivity contribution in [3.63, 3.8) is 0 Å². The molecule has 0 unspecified atom stereocenters. The summed E-state index contributed by atoms with van der Waals surface area (Å²) in [5, 5.41) is 0. The van der Waals surface area contributed by atoms with Gasteiger partial charge in [0.1, 0.15) is 0 Å². The minimum absolute atomic E-state index is 0.188. The topological polar surface area (TPSA) is 3.24 Å². The van der Waals surface area contributed by atoms with E-state index in [0.29, 0.717) is 13.1 Å². The van der Waals surface area contributed by atoms with Crippen molar-refractivity contribution in [3.05, 3.63) is 88.7 Å². The van der Waals surface area contributed by atoms with Crippen LogP contribution in [0.4, 0.5) is 22.0 Å². The van der Waals surface area contributed by atoms with Crippen LogP contribution >= 0.6 is 0 Å². The van der Waals surface area contributed by atoms with Gasteiger partial charge >= 0.3 is 187 Å². The van der Waals surface area contributed by atoms with Crippen molar-refractivity contribution in [1.82, 2.24) is 4.90 Å². The molecular formula is C24H21BiF5N. The van der Waals surface area contributed by atoms with Gasteiger partial charge in [-0.25, -0.2) is 0 Å². The van der Waals surface area contributed by atoms with Crippen LogP contribution < -0.4 is 9.81 Å². The second-order valence-electron chi connectivity index (χ2n) is 8.54. The molecule has 162 valence electrons. The van der Waals surface area contributed by atoms with Crippen molar-refractivity contribution >= 4 is 31.6 Å². The standard InChI is InChI=1S/C18H21N.C6F5.Bi/c1-18(2,3)19(14-16-10-6-4-7-11-16)15-17-12-8-5-9-13-17;7-2-1-3(8)5(10)6(11)4(2)9;/h4-10,12H,14-15H2,1-3H3;;. The zero-order valence-electron chi connectivity index (χ0n) is 17.3. The normalized spacial score (nSPS) is 15.2. The van der Waals surface area contributed by atoms with E-state index in [-0.39, 0.29) is 5.54 Å². The summed E-state index contributed by atoms with van der Waals surface area (Å²) in [6.07, 6.45) is 0. The first-order valence-corrected chi connectivity index (χ1v) is 15.0. The van der Waals surface area contributed by atoms with E-state index in [1.165, 1.54) is 0 Å². The van der Waals surface area contributed by atoms with Gasteiger partial charge < -0.3 is 0 Å². The van der Waals surface area contributed by atoms with E-state index in [1.54, 1.807) is 24.3 Å². The Hall–Kier alpha value is -1.85. The van der Waals surface area contributed by atoms with Crippen LogP contribution in [0.2, 0.25) is 0 Å². The van der Waals surface area contributed by atoms with Crippen molar-refractivity contribution in [2.45, 2.75) is 39.4 Å². The third kappa shape index (κ3) is 3.91. The van der Waals surface area contributed by atoms with Gasteiger partial charge in [-0.15, -0.1) is 0 Å². The molecule has 3 aromatic rings. The molecular weight excluding hydrogens is 606 g/mol. The summed E-state index contributed by atoms with van der Waals surface area (Å²) in [7, 11) is 0. The van der Waals surface area contributed by atoms with Crippen molar-refractivity contribution < 1.29 is 22.0 Å². The molecule has 0 aromatic heterocycles. The van der Waals surface area contributed by atoms with Gasteiger partial charge in [0.05, 0.1) is 0 Å². The molecule has 3 aromatic carbocycles. The van der Waals surface area contributed by atoms with Gasteiger partial charge in [-0.3, -0.25) is 0 Å². The Morgan fingerprint density at radius 1 is 0.645 bits per heavy atom. The summed E-state index contributed by atoms with van der Waals surface area (Å²) in [5.41, 5.74) is 1.55. The van der Waals surface area contributed by atoms with Crippen LogP contribution in [0.1, 0.15) is 31.9 Å². The number of halogens is 5. The average molecular weight is 627 g/mol. The van der Waals surface area contributed by atoms with Crippen molar-refractivity contribution in [2.75, 3.05) is 0 Å². The number of fused-ring (bicyclic) bond motifs is 2. The maximum atomic E-state index is 15.0. The van der Waals surface area contributed by atoms with Crippen molar-refractivity contribution in [2.24, 2.45) is 0 Å². The Kier molecular flexibility index (Phi) is 5.95. The van der Waals surface area contributed by atoms with Crippen LogP contribution in [0.3, 0.4) is 0 Å². The van der Waals surface area contributed by atoms with Crippen molar-refractivity contribution in [3.8, 4) is 0 Å². The second-order valence-corrected chi connectivity index (χ2v) is 16.6. The monoisotopic (exact) mass is 627 g/mol. The molecule has 0 spiro atoms. The van der Waals surface area contributed by atoms with E-state index < -0.39 is 54.1 Å². The molecule has 0 saturated carbocycles. The fourth-order valence-electron chi connectivity index (χ4n) is 3.83. The van der Waals surface area contributed by atoms with E-state index in [9.17, 15) is 22.0 Å². The first kappa shape index (κ1) is 22.4. The molecule has 0 atom stereocenters. The van der Waals surface area contributed by atoms with Gasteiger partial charge in [-0.1, -0.05) is 0 Å². The molecule has 7 heteroatoms. The van der Waals surface area contributed by atoms with Gasteiger partial charge in [0, 0.05) is 0 Å². The van der Waals surface area contributed by atoms with Crippen LogP contribution in [0.25, 0.3) is 0 Å². The quantitative estimate of drug-likeness (QED) is 0.171. The number of nitrogens with zero attached hydrogens (tertiary/aromatic N) is 1. The summed E-state index contributed by atoms with van der Waals surface area (Å²) in [4.78, 5) is 2.25. The van der Waals surface area contributed by atoms with E-state index >= 15 is 0 Å². The predicted molar refractivity (Wildman–Crippen MR) is 113 cm³/mol.